The van der Waals surface area contributed by atoms with Crippen LogP contribution in [0.15, 0.2) is 29.8 Å². The van der Waals surface area contributed by atoms with Crippen LogP contribution in [0.5, 0.6) is 0 Å². The minimum atomic E-state index is -1.10. The van der Waals surface area contributed by atoms with E-state index in [4.69, 9.17) is 5.11 Å². The zero-order chi connectivity index (χ0) is 14.5. The maximum atomic E-state index is 12.1. The number of anilines is 2. The van der Waals surface area contributed by atoms with Gasteiger partial charge in [0, 0.05) is 5.69 Å². The lowest BCUT2D eigenvalue weighted by Crippen LogP contribution is -2.38. The highest BCUT2D eigenvalue weighted by molar-refractivity contribution is 7.13. The third-order valence-corrected chi connectivity index (χ3v) is 3.06. The molecule has 0 atom stereocenters. The van der Waals surface area contributed by atoms with E-state index in [1.54, 1.807) is 12.1 Å². The second kappa shape index (κ2) is 6.11. The first-order valence-corrected chi connectivity index (χ1v) is 6.57. The lowest BCUT2D eigenvalue weighted by Gasteiger charge is -2.20. The van der Waals surface area contributed by atoms with Crippen LogP contribution in [0.25, 0.3) is 0 Å². The van der Waals surface area contributed by atoms with E-state index in [1.807, 2.05) is 19.1 Å². The molecule has 0 saturated heterocycles. The maximum absolute atomic E-state index is 12.1. The molecule has 1 aromatic carbocycles. The topological polar surface area (TPSA) is 95.4 Å². The Bertz CT molecular complexity index is 598. The van der Waals surface area contributed by atoms with E-state index in [1.165, 1.54) is 5.51 Å². The third kappa shape index (κ3) is 3.51. The van der Waals surface area contributed by atoms with Crippen molar-refractivity contribution in [3.05, 3.63) is 35.3 Å². The molecule has 7 nitrogen and oxygen atoms in total. The predicted molar refractivity (Wildman–Crippen MR) is 75.1 cm³/mol. The number of carboxylic acid groups (broad SMARTS) is 1. The minimum Gasteiger partial charge on any atom is -0.480 e. The fourth-order valence-electron chi connectivity index (χ4n) is 1.53. The van der Waals surface area contributed by atoms with Gasteiger partial charge in [-0.05, 0) is 19.1 Å². The number of aromatic nitrogens is 2. The fraction of sp³-hybridized carbons (Fsp3) is 0.167. The largest absolute Gasteiger partial charge is 0.480 e. The Morgan fingerprint density at radius 1 is 1.35 bits per heavy atom. The van der Waals surface area contributed by atoms with Crippen molar-refractivity contribution in [2.75, 3.05) is 16.8 Å². The Morgan fingerprint density at radius 2 is 2.05 bits per heavy atom. The van der Waals surface area contributed by atoms with Crippen molar-refractivity contribution < 1.29 is 14.7 Å². The van der Waals surface area contributed by atoms with E-state index in [-0.39, 0.29) is 0 Å². The van der Waals surface area contributed by atoms with Gasteiger partial charge in [0.1, 0.15) is 12.1 Å². The van der Waals surface area contributed by atoms with Crippen LogP contribution in [-0.4, -0.2) is 33.8 Å². The quantitative estimate of drug-likeness (QED) is 0.898. The average molecular weight is 292 g/mol. The Labute approximate surface area is 118 Å². The van der Waals surface area contributed by atoms with Crippen molar-refractivity contribution in [3.63, 3.8) is 0 Å². The molecule has 2 amide bonds. The maximum Gasteiger partial charge on any atom is 0.328 e. The van der Waals surface area contributed by atoms with Crippen molar-refractivity contribution in [2.45, 2.75) is 6.92 Å². The minimum absolute atomic E-state index is 0.317. The average Bonchev–Trinajstić information content (AvgIpc) is 2.89. The van der Waals surface area contributed by atoms with Crippen molar-refractivity contribution >= 4 is 34.2 Å². The van der Waals surface area contributed by atoms with E-state index in [9.17, 15) is 9.59 Å². The van der Waals surface area contributed by atoms with E-state index >= 15 is 0 Å². The number of hydrogen-bond acceptors (Lipinski definition) is 5. The van der Waals surface area contributed by atoms with Gasteiger partial charge in [0.25, 0.3) is 0 Å². The van der Waals surface area contributed by atoms with Gasteiger partial charge >= 0.3 is 12.0 Å². The molecule has 0 aliphatic carbocycles. The number of carbonyl (C=O) groups is 2. The number of hydrogen-bond donors (Lipinski definition) is 2. The van der Waals surface area contributed by atoms with Crippen molar-refractivity contribution in [3.8, 4) is 0 Å². The lowest BCUT2D eigenvalue weighted by atomic mass is 10.2. The highest BCUT2D eigenvalue weighted by atomic mass is 32.1. The molecule has 0 saturated carbocycles. The first-order valence-electron chi connectivity index (χ1n) is 5.69. The van der Waals surface area contributed by atoms with Gasteiger partial charge in [0.05, 0.1) is 0 Å². The fourth-order valence-corrected chi connectivity index (χ4v) is 1.96. The van der Waals surface area contributed by atoms with E-state index in [2.05, 4.69) is 15.5 Å². The number of carbonyl (C=O) groups excluding carboxylic acids is 1. The van der Waals surface area contributed by atoms with Crippen LogP contribution in [0.4, 0.5) is 15.6 Å². The van der Waals surface area contributed by atoms with Crippen LogP contribution >= 0.6 is 11.3 Å². The van der Waals surface area contributed by atoms with Gasteiger partial charge in [-0.1, -0.05) is 29.0 Å². The smallest absolute Gasteiger partial charge is 0.328 e. The summed E-state index contributed by atoms with van der Waals surface area (Å²) in [5, 5.41) is 19.0. The molecule has 1 heterocycles. The van der Waals surface area contributed by atoms with Crippen LogP contribution in [0.3, 0.4) is 0 Å². The van der Waals surface area contributed by atoms with Gasteiger partial charge in [-0.2, -0.15) is 0 Å². The summed E-state index contributed by atoms with van der Waals surface area (Å²) in [5.74, 6) is -1.10. The van der Waals surface area contributed by atoms with Gasteiger partial charge < -0.3 is 5.11 Å². The summed E-state index contributed by atoms with van der Waals surface area (Å²) in [5.41, 5.74) is 3.00. The van der Waals surface area contributed by atoms with Gasteiger partial charge in [-0.25, -0.2) is 4.79 Å². The van der Waals surface area contributed by atoms with Crippen LogP contribution in [0, 0.1) is 6.92 Å². The summed E-state index contributed by atoms with van der Waals surface area (Å²) >= 11 is 1.16. The number of urea groups is 1. The number of aryl methyl sites for hydroxylation is 1. The van der Waals surface area contributed by atoms with Crippen LogP contribution in [0.1, 0.15) is 5.56 Å². The van der Waals surface area contributed by atoms with Crippen LogP contribution < -0.4 is 10.2 Å². The Balaban J connectivity index is 2.20. The number of aliphatic carboxylic acids is 1. The SMILES string of the molecule is Cc1ccc(N(CC(=O)O)C(=O)Nc2nncs2)cc1. The molecule has 0 unspecified atom stereocenters. The molecule has 2 rings (SSSR count). The molecule has 0 bridgehead atoms. The Kier molecular flexibility index (Phi) is 4.26. The number of benzene rings is 1. The summed E-state index contributed by atoms with van der Waals surface area (Å²) in [4.78, 5) is 24.2. The zero-order valence-electron chi connectivity index (χ0n) is 10.6. The van der Waals surface area contributed by atoms with Crippen molar-refractivity contribution in [2.24, 2.45) is 0 Å². The van der Waals surface area contributed by atoms with Crippen LogP contribution in [0.2, 0.25) is 0 Å². The summed E-state index contributed by atoms with van der Waals surface area (Å²) in [6.07, 6.45) is 0. The number of carboxylic acids is 1. The molecular weight excluding hydrogens is 280 g/mol. The monoisotopic (exact) mass is 292 g/mol. The summed E-state index contributed by atoms with van der Waals surface area (Å²) in [7, 11) is 0. The van der Waals surface area contributed by atoms with Crippen LogP contribution in [-0.2, 0) is 4.79 Å². The molecule has 0 spiro atoms. The molecule has 0 fully saturated rings. The van der Waals surface area contributed by atoms with Crippen molar-refractivity contribution in [1.29, 1.82) is 0 Å². The number of rotatable bonds is 4. The van der Waals surface area contributed by atoms with Gasteiger partial charge in [0.15, 0.2) is 0 Å². The normalized spacial score (nSPS) is 10.1. The van der Waals surface area contributed by atoms with E-state index < -0.39 is 18.5 Å². The Hall–Kier alpha value is -2.48. The van der Waals surface area contributed by atoms with Gasteiger partial charge in [0.2, 0.25) is 5.13 Å². The third-order valence-electron chi connectivity index (χ3n) is 2.46. The second-order valence-corrected chi connectivity index (χ2v) is 4.82. The summed E-state index contributed by atoms with van der Waals surface area (Å²) < 4.78 is 0. The Morgan fingerprint density at radius 3 is 2.60 bits per heavy atom. The first-order chi connectivity index (χ1) is 9.56. The number of nitrogens with zero attached hydrogens (tertiary/aromatic N) is 3. The molecule has 0 radical (unpaired) electrons. The molecule has 1 aromatic heterocycles. The molecule has 0 aliphatic heterocycles. The summed E-state index contributed by atoms with van der Waals surface area (Å²) in [6.45, 7) is 1.47. The second-order valence-electron chi connectivity index (χ2n) is 3.99. The molecule has 2 aromatic rings. The molecule has 20 heavy (non-hydrogen) atoms. The molecule has 2 N–H and O–H groups in total. The molecule has 8 heteroatoms. The van der Waals surface area contributed by atoms with Gasteiger partial charge in [-0.3, -0.25) is 15.0 Å². The van der Waals surface area contributed by atoms with E-state index in [0.29, 0.717) is 10.8 Å². The standard InChI is InChI=1S/C12H12N4O3S/c1-8-2-4-9(5-3-8)16(6-10(17)18)12(19)14-11-15-13-7-20-11/h2-5,7H,6H2,1H3,(H,17,18)(H,14,15,19). The predicted octanol–water partition coefficient (Wildman–Crippen LogP) is 1.97. The molecule has 104 valence electrons. The number of amides is 2. The van der Waals surface area contributed by atoms with E-state index in [0.717, 1.165) is 21.8 Å². The highest BCUT2D eigenvalue weighted by Crippen LogP contribution is 2.17. The van der Waals surface area contributed by atoms with Crippen molar-refractivity contribution in [1.82, 2.24) is 10.2 Å². The first kappa shape index (κ1) is 13.9. The zero-order valence-corrected chi connectivity index (χ0v) is 11.4. The highest BCUT2D eigenvalue weighted by Gasteiger charge is 2.19. The van der Waals surface area contributed by atoms with Gasteiger partial charge in [-0.15, -0.1) is 10.2 Å². The number of nitrogens with one attached hydrogen (secondary N) is 1. The molecular formula is C12H12N4O3S. The lowest BCUT2D eigenvalue weighted by molar-refractivity contribution is -0.135. The summed E-state index contributed by atoms with van der Waals surface area (Å²) in [6, 6.07) is 6.44. The molecule has 0 aliphatic rings.